The minimum absolute atomic E-state index is 0.572. The van der Waals surface area contributed by atoms with Crippen molar-refractivity contribution < 1.29 is 9.90 Å². The van der Waals surface area contributed by atoms with Crippen molar-refractivity contribution in [3.8, 4) is 0 Å². The van der Waals surface area contributed by atoms with Crippen LogP contribution >= 0.6 is 11.8 Å². The standard InChI is InChI=1S/C11H23NO2S/c1-3-9(4-2)5-7-15-8-6-10(12)11(13)14/h9-10H,3-8,12H2,1-2H3,(H,13,14). The molecule has 0 amide bonds. The van der Waals surface area contributed by atoms with E-state index in [0.29, 0.717) is 6.42 Å². The Hall–Kier alpha value is -0.220. The van der Waals surface area contributed by atoms with Crippen LogP contribution in [0.3, 0.4) is 0 Å². The van der Waals surface area contributed by atoms with E-state index in [4.69, 9.17) is 10.8 Å². The van der Waals surface area contributed by atoms with E-state index >= 15 is 0 Å². The van der Waals surface area contributed by atoms with E-state index < -0.39 is 12.0 Å². The van der Waals surface area contributed by atoms with E-state index in [1.807, 2.05) is 11.8 Å². The van der Waals surface area contributed by atoms with Gasteiger partial charge in [0, 0.05) is 0 Å². The van der Waals surface area contributed by atoms with Gasteiger partial charge >= 0.3 is 5.97 Å². The lowest BCUT2D eigenvalue weighted by atomic mass is 10.0. The maximum absolute atomic E-state index is 10.4. The van der Waals surface area contributed by atoms with Crippen LogP contribution in [0.5, 0.6) is 0 Å². The summed E-state index contributed by atoms with van der Waals surface area (Å²) in [6, 6.07) is -0.689. The van der Waals surface area contributed by atoms with Gasteiger partial charge < -0.3 is 10.8 Å². The van der Waals surface area contributed by atoms with Gasteiger partial charge in [0.1, 0.15) is 6.04 Å². The molecule has 0 fully saturated rings. The Morgan fingerprint density at radius 3 is 2.27 bits per heavy atom. The highest BCUT2D eigenvalue weighted by molar-refractivity contribution is 7.99. The number of nitrogens with two attached hydrogens (primary N) is 1. The third-order valence-corrected chi connectivity index (χ3v) is 3.76. The van der Waals surface area contributed by atoms with Crippen molar-refractivity contribution in [3.05, 3.63) is 0 Å². The van der Waals surface area contributed by atoms with Crippen LogP contribution in [0.2, 0.25) is 0 Å². The van der Waals surface area contributed by atoms with Crippen molar-refractivity contribution >= 4 is 17.7 Å². The van der Waals surface area contributed by atoms with Gasteiger partial charge in [-0.15, -0.1) is 0 Å². The minimum atomic E-state index is -0.893. The maximum Gasteiger partial charge on any atom is 0.320 e. The van der Waals surface area contributed by atoms with E-state index in [2.05, 4.69) is 13.8 Å². The summed E-state index contributed by atoms with van der Waals surface area (Å²) in [4.78, 5) is 10.4. The molecule has 15 heavy (non-hydrogen) atoms. The van der Waals surface area contributed by atoms with Crippen LogP contribution in [0.4, 0.5) is 0 Å². The second kappa shape index (κ2) is 9.04. The van der Waals surface area contributed by atoms with Gasteiger partial charge in [0.15, 0.2) is 0 Å². The zero-order valence-corrected chi connectivity index (χ0v) is 10.6. The topological polar surface area (TPSA) is 63.3 Å². The predicted molar refractivity (Wildman–Crippen MR) is 66.2 cm³/mol. The molecule has 0 aromatic rings. The molecule has 0 saturated heterocycles. The molecule has 0 aromatic heterocycles. The first-order chi connectivity index (χ1) is 7.11. The fraction of sp³-hybridized carbons (Fsp3) is 0.909. The molecule has 0 heterocycles. The molecular formula is C11H23NO2S. The molecule has 0 spiro atoms. The van der Waals surface area contributed by atoms with Crippen molar-refractivity contribution in [3.63, 3.8) is 0 Å². The molecule has 0 aromatic carbocycles. The number of rotatable bonds is 9. The van der Waals surface area contributed by atoms with E-state index in [9.17, 15) is 4.79 Å². The van der Waals surface area contributed by atoms with Crippen molar-refractivity contribution in [2.45, 2.75) is 45.6 Å². The van der Waals surface area contributed by atoms with Gasteiger partial charge in [-0.05, 0) is 30.3 Å². The van der Waals surface area contributed by atoms with Gasteiger partial charge in [0.05, 0.1) is 0 Å². The molecule has 3 nitrogen and oxygen atoms in total. The summed E-state index contributed by atoms with van der Waals surface area (Å²) in [6.07, 6.45) is 4.29. The number of carboxylic acids is 1. The number of carbonyl (C=O) groups is 1. The van der Waals surface area contributed by atoms with Gasteiger partial charge in [0.25, 0.3) is 0 Å². The van der Waals surface area contributed by atoms with Crippen molar-refractivity contribution in [1.82, 2.24) is 0 Å². The second-order valence-corrected chi connectivity index (χ2v) is 5.04. The van der Waals surface area contributed by atoms with Crippen LogP contribution < -0.4 is 5.73 Å². The average Bonchev–Trinajstić information content (AvgIpc) is 2.23. The molecule has 0 radical (unpaired) electrons. The lowest BCUT2D eigenvalue weighted by Gasteiger charge is -2.11. The summed E-state index contributed by atoms with van der Waals surface area (Å²) < 4.78 is 0. The number of hydrogen-bond donors (Lipinski definition) is 2. The second-order valence-electron chi connectivity index (χ2n) is 3.82. The Labute approximate surface area is 96.8 Å². The van der Waals surface area contributed by atoms with Gasteiger partial charge in [0.2, 0.25) is 0 Å². The monoisotopic (exact) mass is 233 g/mol. The Morgan fingerprint density at radius 2 is 1.80 bits per heavy atom. The first kappa shape index (κ1) is 14.8. The largest absolute Gasteiger partial charge is 0.480 e. The van der Waals surface area contributed by atoms with Crippen LogP contribution in [0.25, 0.3) is 0 Å². The molecule has 90 valence electrons. The molecule has 0 aliphatic rings. The normalized spacial score (nSPS) is 13.1. The Bertz CT molecular complexity index is 172. The summed E-state index contributed by atoms with van der Waals surface area (Å²) >= 11 is 1.81. The average molecular weight is 233 g/mol. The van der Waals surface area contributed by atoms with E-state index in [1.165, 1.54) is 19.3 Å². The number of carboxylic acid groups (broad SMARTS) is 1. The zero-order chi connectivity index (χ0) is 11.7. The van der Waals surface area contributed by atoms with Gasteiger partial charge in [-0.2, -0.15) is 11.8 Å². The predicted octanol–water partition coefficient (Wildman–Crippen LogP) is 2.35. The molecule has 0 bridgehead atoms. The molecule has 0 rings (SSSR count). The highest BCUT2D eigenvalue weighted by atomic mass is 32.2. The number of aliphatic carboxylic acids is 1. The van der Waals surface area contributed by atoms with Crippen LogP contribution in [0.15, 0.2) is 0 Å². The third-order valence-electron chi connectivity index (χ3n) is 2.72. The highest BCUT2D eigenvalue weighted by Crippen LogP contribution is 2.16. The summed E-state index contributed by atoms with van der Waals surface area (Å²) in [7, 11) is 0. The summed E-state index contributed by atoms with van der Waals surface area (Å²) in [5, 5.41) is 8.57. The van der Waals surface area contributed by atoms with E-state index in [-0.39, 0.29) is 0 Å². The fourth-order valence-corrected chi connectivity index (χ4v) is 2.51. The smallest absolute Gasteiger partial charge is 0.320 e. The first-order valence-electron chi connectivity index (χ1n) is 5.67. The van der Waals surface area contributed by atoms with Crippen LogP contribution in [-0.2, 0) is 4.79 Å². The number of thioether (sulfide) groups is 1. The van der Waals surface area contributed by atoms with Gasteiger partial charge in [-0.1, -0.05) is 26.7 Å². The molecule has 0 saturated carbocycles. The SMILES string of the molecule is CCC(CC)CCSCCC(N)C(=O)O. The first-order valence-corrected chi connectivity index (χ1v) is 6.83. The Kier molecular flexibility index (Phi) is 8.91. The molecule has 4 heteroatoms. The van der Waals surface area contributed by atoms with Crippen LogP contribution in [-0.4, -0.2) is 28.6 Å². The van der Waals surface area contributed by atoms with Crippen molar-refractivity contribution in [2.24, 2.45) is 11.7 Å². The molecule has 1 atom stereocenters. The van der Waals surface area contributed by atoms with Crippen molar-refractivity contribution in [2.75, 3.05) is 11.5 Å². The lowest BCUT2D eigenvalue weighted by molar-refractivity contribution is -0.138. The van der Waals surface area contributed by atoms with Gasteiger partial charge in [-0.25, -0.2) is 0 Å². The van der Waals surface area contributed by atoms with Crippen molar-refractivity contribution in [1.29, 1.82) is 0 Å². The van der Waals surface area contributed by atoms with Gasteiger partial charge in [-0.3, -0.25) is 4.79 Å². The highest BCUT2D eigenvalue weighted by Gasteiger charge is 2.10. The third kappa shape index (κ3) is 7.68. The zero-order valence-electron chi connectivity index (χ0n) is 9.74. The van der Waals surface area contributed by atoms with E-state index in [0.717, 1.165) is 17.4 Å². The molecule has 0 aliphatic heterocycles. The Balaban J connectivity index is 3.35. The summed E-state index contributed by atoms with van der Waals surface area (Å²) in [5.74, 6) is 1.91. The fourth-order valence-electron chi connectivity index (χ4n) is 1.38. The lowest BCUT2D eigenvalue weighted by Crippen LogP contribution is -2.30. The Morgan fingerprint density at radius 1 is 1.27 bits per heavy atom. The number of hydrogen-bond acceptors (Lipinski definition) is 3. The molecular weight excluding hydrogens is 210 g/mol. The minimum Gasteiger partial charge on any atom is -0.480 e. The van der Waals surface area contributed by atoms with Crippen LogP contribution in [0.1, 0.15) is 39.5 Å². The summed E-state index contributed by atoms with van der Waals surface area (Å²) in [5.41, 5.74) is 5.40. The van der Waals surface area contributed by atoms with Crippen LogP contribution in [0, 0.1) is 5.92 Å². The quantitative estimate of drug-likeness (QED) is 0.600. The van der Waals surface area contributed by atoms with E-state index in [1.54, 1.807) is 0 Å². The summed E-state index contributed by atoms with van der Waals surface area (Å²) in [6.45, 7) is 4.44. The molecule has 0 aliphatic carbocycles. The molecule has 3 N–H and O–H groups in total. The maximum atomic E-state index is 10.4. The molecule has 1 unspecified atom stereocenters.